The molecule has 2 atom stereocenters. The summed E-state index contributed by atoms with van der Waals surface area (Å²) in [6.07, 6.45) is 0. The summed E-state index contributed by atoms with van der Waals surface area (Å²) in [6, 6.07) is 20.8. The molecular weight excluding hydrogens is 390 g/mol. The molecule has 0 fully saturated rings. The zero-order valence-electron chi connectivity index (χ0n) is 15.3. The maximum Gasteiger partial charge on any atom is 1.00 e. The van der Waals surface area contributed by atoms with Gasteiger partial charge >= 0.3 is 37.7 Å². The van der Waals surface area contributed by atoms with Crippen molar-refractivity contribution in [1.82, 2.24) is 0 Å². The van der Waals surface area contributed by atoms with E-state index in [4.69, 9.17) is 0 Å². The molecule has 0 heterocycles. The Balaban J connectivity index is 0. The van der Waals surface area contributed by atoms with Crippen molar-refractivity contribution in [3.05, 3.63) is 72.8 Å². The Morgan fingerprint density at radius 2 is 1.00 bits per heavy atom. The summed E-state index contributed by atoms with van der Waals surface area (Å²) in [4.78, 5) is 0.495. The molecular formula is C18H14Li2O6S2-2. The van der Waals surface area contributed by atoms with E-state index in [1.165, 1.54) is 0 Å². The SMILES string of the molecule is O=S([O-])c1ccc(-c2ccc(-c3ccccc3S(=O)[O-])cc2)cc1.[Li+].[Li+].[OH-].[OH-]. The molecule has 0 radical (unpaired) electrons. The predicted molar refractivity (Wildman–Crippen MR) is 95.6 cm³/mol. The van der Waals surface area contributed by atoms with Gasteiger partial charge < -0.3 is 20.1 Å². The van der Waals surface area contributed by atoms with Crippen LogP contribution in [0, 0.1) is 0 Å². The molecule has 138 valence electrons. The van der Waals surface area contributed by atoms with E-state index < -0.39 is 22.2 Å². The molecule has 0 aromatic heterocycles. The van der Waals surface area contributed by atoms with E-state index in [-0.39, 0.29) is 58.5 Å². The largest absolute Gasteiger partial charge is 1.00 e. The molecule has 0 aliphatic heterocycles. The number of hydrogen-bond donors (Lipinski definition) is 0. The second-order valence-electron chi connectivity index (χ2n) is 5.07. The second kappa shape index (κ2) is 13.3. The van der Waals surface area contributed by atoms with Gasteiger partial charge in [0, 0.05) is 9.79 Å². The van der Waals surface area contributed by atoms with Gasteiger partial charge in [0.05, 0.1) is 0 Å². The molecule has 3 rings (SSSR count). The van der Waals surface area contributed by atoms with E-state index in [9.17, 15) is 17.5 Å². The Hall–Kier alpha value is -1.01. The minimum absolute atomic E-state index is 0. The van der Waals surface area contributed by atoms with Crippen LogP contribution in [0.3, 0.4) is 0 Å². The molecule has 3 aromatic carbocycles. The van der Waals surface area contributed by atoms with Crippen LogP contribution in [0.4, 0.5) is 0 Å². The zero-order chi connectivity index (χ0) is 17.1. The molecule has 10 heteroatoms. The van der Waals surface area contributed by atoms with Gasteiger partial charge in [-0.05, 0) is 62.6 Å². The summed E-state index contributed by atoms with van der Waals surface area (Å²) in [5.74, 6) is 0. The van der Waals surface area contributed by atoms with Crippen LogP contribution in [0.1, 0.15) is 0 Å². The van der Waals surface area contributed by atoms with Gasteiger partial charge in [-0.3, -0.25) is 8.42 Å². The fourth-order valence-electron chi connectivity index (χ4n) is 2.45. The molecule has 0 aliphatic rings. The first kappa shape index (κ1) is 29.2. The third kappa shape index (κ3) is 6.80. The van der Waals surface area contributed by atoms with E-state index in [0.29, 0.717) is 5.56 Å². The molecule has 0 aliphatic carbocycles. The first-order valence-electron chi connectivity index (χ1n) is 7.04. The molecule has 28 heavy (non-hydrogen) atoms. The smallest absolute Gasteiger partial charge is 0.870 e. The summed E-state index contributed by atoms with van der Waals surface area (Å²) >= 11 is -4.54. The third-order valence-corrected chi connectivity index (χ3v) is 5.01. The van der Waals surface area contributed by atoms with E-state index in [1.807, 2.05) is 24.3 Å². The van der Waals surface area contributed by atoms with E-state index in [2.05, 4.69) is 0 Å². The molecule has 0 saturated heterocycles. The predicted octanol–water partition coefficient (Wildman–Crippen LogP) is -2.85. The van der Waals surface area contributed by atoms with Crippen molar-refractivity contribution in [3.8, 4) is 22.3 Å². The van der Waals surface area contributed by atoms with Crippen molar-refractivity contribution in [2.75, 3.05) is 0 Å². The average molecular weight is 404 g/mol. The van der Waals surface area contributed by atoms with Gasteiger partial charge in [-0.1, -0.05) is 54.6 Å². The maximum absolute atomic E-state index is 11.3. The number of benzene rings is 3. The quantitative estimate of drug-likeness (QED) is 0.339. The minimum atomic E-state index is -2.30. The molecule has 6 nitrogen and oxygen atoms in total. The maximum atomic E-state index is 11.3. The fourth-order valence-corrected chi connectivity index (χ4v) is 3.36. The summed E-state index contributed by atoms with van der Waals surface area (Å²) in [7, 11) is 0. The standard InChI is InChI=1S/C18H14O4S2.2Li.2H2O/c19-23(20)16-11-9-14(10-12-16)13-5-7-15(8-6-13)17-3-1-2-4-18(17)24(21)22;;;;/h1-12H,(H,19,20)(H,21,22);;;2*1H2/q;2*+1;;/p-4. The Morgan fingerprint density at radius 1 is 0.571 bits per heavy atom. The summed E-state index contributed by atoms with van der Waals surface area (Å²) < 4.78 is 44.4. The third-order valence-electron chi connectivity index (χ3n) is 3.64. The average Bonchev–Trinajstić information content (AvgIpc) is 2.62. The van der Waals surface area contributed by atoms with Gasteiger partial charge in [0.2, 0.25) is 0 Å². The number of rotatable bonds is 4. The van der Waals surface area contributed by atoms with Crippen LogP contribution in [0.15, 0.2) is 82.6 Å². The molecule has 0 saturated carbocycles. The Bertz CT molecular complexity index is 918. The van der Waals surface area contributed by atoms with E-state index in [1.54, 1.807) is 48.5 Å². The van der Waals surface area contributed by atoms with Crippen LogP contribution in [0.5, 0.6) is 0 Å². The first-order valence-corrected chi connectivity index (χ1v) is 9.19. The van der Waals surface area contributed by atoms with Crippen molar-refractivity contribution in [2.45, 2.75) is 9.79 Å². The Labute approximate surface area is 192 Å². The summed E-state index contributed by atoms with van der Waals surface area (Å²) in [6.45, 7) is 0. The van der Waals surface area contributed by atoms with E-state index in [0.717, 1.165) is 16.7 Å². The van der Waals surface area contributed by atoms with E-state index >= 15 is 0 Å². The van der Waals surface area contributed by atoms with Gasteiger partial charge in [-0.25, -0.2) is 0 Å². The van der Waals surface area contributed by atoms with Crippen molar-refractivity contribution < 1.29 is 66.2 Å². The molecule has 0 amide bonds. The van der Waals surface area contributed by atoms with Crippen molar-refractivity contribution in [1.29, 1.82) is 0 Å². The van der Waals surface area contributed by atoms with Crippen molar-refractivity contribution in [2.24, 2.45) is 0 Å². The van der Waals surface area contributed by atoms with Crippen molar-refractivity contribution >= 4 is 22.2 Å². The van der Waals surface area contributed by atoms with Gasteiger partial charge in [0.15, 0.2) is 0 Å². The summed E-state index contributed by atoms with van der Waals surface area (Å²) in [5.41, 5.74) is 3.25. The monoisotopic (exact) mass is 404 g/mol. The zero-order valence-corrected chi connectivity index (χ0v) is 16.9. The molecule has 2 unspecified atom stereocenters. The van der Waals surface area contributed by atoms with Crippen molar-refractivity contribution in [3.63, 3.8) is 0 Å². The van der Waals surface area contributed by atoms with Gasteiger partial charge in [-0.2, -0.15) is 0 Å². The number of hydrogen-bond acceptors (Lipinski definition) is 6. The topological polar surface area (TPSA) is 140 Å². The second-order valence-corrected chi connectivity index (χ2v) is 6.92. The van der Waals surface area contributed by atoms with Gasteiger partial charge in [0.1, 0.15) is 0 Å². The molecule has 3 aromatic rings. The molecule has 0 bridgehead atoms. The Kier molecular flexibility index (Phi) is 13.8. The normalized spacial score (nSPS) is 11.5. The first-order chi connectivity index (χ1) is 11.6. The van der Waals surface area contributed by atoms with Crippen LogP contribution < -0.4 is 37.7 Å². The van der Waals surface area contributed by atoms with Crippen LogP contribution in [0.2, 0.25) is 0 Å². The van der Waals surface area contributed by atoms with Crippen LogP contribution >= 0.6 is 0 Å². The van der Waals surface area contributed by atoms with Crippen LogP contribution in [0.25, 0.3) is 22.3 Å². The molecule has 0 spiro atoms. The van der Waals surface area contributed by atoms with Gasteiger partial charge in [-0.15, -0.1) is 0 Å². The van der Waals surface area contributed by atoms with Gasteiger partial charge in [0.25, 0.3) is 0 Å². The Morgan fingerprint density at radius 3 is 1.46 bits per heavy atom. The minimum Gasteiger partial charge on any atom is -0.870 e. The summed E-state index contributed by atoms with van der Waals surface area (Å²) in [5, 5.41) is 0. The van der Waals surface area contributed by atoms with Crippen LogP contribution in [-0.4, -0.2) is 28.5 Å². The van der Waals surface area contributed by atoms with Crippen LogP contribution in [-0.2, 0) is 22.2 Å². The molecule has 2 N–H and O–H groups in total. The fraction of sp³-hybridized carbons (Fsp3) is 0.